The molecule has 0 unspecified atom stereocenters. The van der Waals surface area contributed by atoms with Gasteiger partial charge < -0.3 is 4.74 Å². The fourth-order valence-corrected chi connectivity index (χ4v) is 5.60. The molecule has 2 aliphatic rings. The van der Waals surface area contributed by atoms with Gasteiger partial charge in [-0.1, -0.05) is 37.0 Å². The summed E-state index contributed by atoms with van der Waals surface area (Å²) in [6.07, 6.45) is 5.70. The van der Waals surface area contributed by atoms with Crippen molar-refractivity contribution >= 4 is 10.0 Å². The van der Waals surface area contributed by atoms with E-state index in [1.807, 2.05) is 26.0 Å². The quantitative estimate of drug-likeness (QED) is 0.870. The Labute approximate surface area is 151 Å². The van der Waals surface area contributed by atoms with Crippen molar-refractivity contribution < 1.29 is 13.2 Å². The van der Waals surface area contributed by atoms with Gasteiger partial charge in [0.25, 0.3) is 0 Å². The second-order valence-corrected chi connectivity index (χ2v) is 9.21. The van der Waals surface area contributed by atoms with Crippen LogP contribution in [0.2, 0.25) is 0 Å². The third kappa shape index (κ3) is 4.25. The van der Waals surface area contributed by atoms with E-state index in [2.05, 4.69) is 9.62 Å². The first-order valence-electron chi connectivity index (χ1n) is 9.33. The summed E-state index contributed by atoms with van der Waals surface area (Å²) in [7, 11) is -3.49. The van der Waals surface area contributed by atoms with Gasteiger partial charge in [0.1, 0.15) is 0 Å². The maximum Gasteiger partial charge on any atom is 0.240 e. The van der Waals surface area contributed by atoms with E-state index < -0.39 is 10.0 Å². The fraction of sp³-hybridized carbons (Fsp3) is 0.684. The monoisotopic (exact) mass is 366 g/mol. The van der Waals surface area contributed by atoms with Crippen molar-refractivity contribution in [1.29, 1.82) is 0 Å². The molecule has 5 nitrogen and oxygen atoms in total. The Morgan fingerprint density at radius 3 is 2.44 bits per heavy atom. The van der Waals surface area contributed by atoms with Gasteiger partial charge >= 0.3 is 0 Å². The van der Waals surface area contributed by atoms with Crippen molar-refractivity contribution in [2.24, 2.45) is 0 Å². The molecule has 25 heavy (non-hydrogen) atoms. The largest absolute Gasteiger partial charge is 0.379 e. The molecule has 1 aliphatic heterocycles. The van der Waals surface area contributed by atoms with Crippen molar-refractivity contribution in [1.82, 2.24) is 9.62 Å². The van der Waals surface area contributed by atoms with E-state index in [1.165, 1.54) is 19.3 Å². The molecule has 0 radical (unpaired) electrons. The van der Waals surface area contributed by atoms with Crippen LogP contribution in [0.15, 0.2) is 23.1 Å². The number of aryl methyl sites for hydroxylation is 2. The first-order chi connectivity index (χ1) is 11.9. The summed E-state index contributed by atoms with van der Waals surface area (Å²) < 4.78 is 34.2. The van der Waals surface area contributed by atoms with E-state index in [9.17, 15) is 8.42 Å². The zero-order valence-corrected chi connectivity index (χ0v) is 16.2. The standard InChI is InChI=1S/C19H30N2O3S/c1-16-6-7-18(17(2)14-16)25(22,23)20-15-19(8-4-3-5-9-19)21-10-12-24-13-11-21/h6-7,14,20H,3-5,8-13,15H2,1-2H3. The average molecular weight is 367 g/mol. The first kappa shape index (κ1) is 18.8. The van der Waals surface area contributed by atoms with Crippen molar-refractivity contribution in [2.75, 3.05) is 32.8 Å². The summed E-state index contributed by atoms with van der Waals surface area (Å²) in [5, 5.41) is 0. The Morgan fingerprint density at radius 1 is 1.12 bits per heavy atom. The third-order valence-corrected chi connectivity index (χ3v) is 7.24. The van der Waals surface area contributed by atoms with E-state index in [-0.39, 0.29) is 5.54 Å². The molecule has 0 atom stereocenters. The molecular weight excluding hydrogens is 336 g/mol. The molecule has 0 amide bonds. The van der Waals surface area contributed by atoms with Crippen LogP contribution in [-0.4, -0.2) is 51.7 Å². The molecule has 1 saturated heterocycles. The van der Waals surface area contributed by atoms with Crippen LogP contribution >= 0.6 is 0 Å². The van der Waals surface area contributed by atoms with Crippen LogP contribution in [0.1, 0.15) is 43.2 Å². The van der Waals surface area contributed by atoms with Crippen LogP contribution in [0.3, 0.4) is 0 Å². The summed E-state index contributed by atoms with van der Waals surface area (Å²) in [6.45, 7) is 7.60. The van der Waals surface area contributed by atoms with Gasteiger partial charge in [0.2, 0.25) is 10.0 Å². The fourth-order valence-electron chi connectivity index (χ4n) is 4.26. The SMILES string of the molecule is Cc1ccc(S(=O)(=O)NCC2(N3CCOCC3)CCCCC2)c(C)c1. The second-order valence-electron chi connectivity index (χ2n) is 7.48. The van der Waals surface area contributed by atoms with E-state index in [0.717, 1.165) is 50.3 Å². The van der Waals surface area contributed by atoms with Crippen LogP contribution in [-0.2, 0) is 14.8 Å². The number of nitrogens with one attached hydrogen (secondary N) is 1. The molecule has 1 saturated carbocycles. The van der Waals surface area contributed by atoms with Gasteiger partial charge in [0.05, 0.1) is 18.1 Å². The number of hydrogen-bond donors (Lipinski definition) is 1. The Kier molecular flexibility index (Phi) is 5.83. The lowest BCUT2D eigenvalue weighted by Crippen LogP contribution is -2.59. The molecule has 2 fully saturated rings. The number of hydrogen-bond acceptors (Lipinski definition) is 4. The molecule has 3 rings (SSSR count). The number of benzene rings is 1. The summed E-state index contributed by atoms with van der Waals surface area (Å²) in [5.74, 6) is 0. The zero-order chi connectivity index (χ0) is 17.9. The second kappa shape index (κ2) is 7.74. The summed E-state index contributed by atoms with van der Waals surface area (Å²) >= 11 is 0. The highest BCUT2D eigenvalue weighted by atomic mass is 32.2. The number of sulfonamides is 1. The molecule has 1 heterocycles. The van der Waals surface area contributed by atoms with Crippen LogP contribution in [0.4, 0.5) is 0 Å². The third-order valence-electron chi connectivity index (χ3n) is 5.68. The number of rotatable bonds is 5. The van der Waals surface area contributed by atoms with Crippen LogP contribution in [0, 0.1) is 13.8 Å². The van der Waals surface area contributed by atoms with Gasteiger partial charge in [0, 0.05) is 25.2 Å². The smallest absolute Gasteiger partial charge is 0.240 e. The molecule has 1 aromatic rings. The lowest BCUT2D eigenvalue weighted by Gasteiger charge is -2.48. The molecule has 6 heteroatoms. The van der Waals surface area contributed by atoms with Gasteiger partial charge in [-0.05, 0) is 38.3 Å². The van der Waals surface area contributed by atoms with Crippen molar-refractivity contribution in [2.45, 2.75) is 56.4 Å². The molecule has 1 aliphatic carbocycles. The molecule has 1 N–H and O–H groups in total. The maximum absolute atomic E-state index is 12.9. The number of ether oxygens (including phenoxy) is 1. The van der Waals surface area contributed by atoms with E-state index >= 15 is 0 Å². The minimum Gasteiger partial charge on any atom is -0.379 e. The summed E-state index contributed by atoms with van der Waals surface area (Å²) in [5.41, 5.74) is 1.82. The average Bonchev–Trinajstić information content (AvgIpc) is 2.61. The molecule has 0 bridgehead atoms. The minimum absolute atomic E-state index is 0.0618. The van der Waals surface area contributed by atoms with Crippen LogP contribution in [0.5, 0.6) is 0 Å². The predicted molar refractivity (Wildman–Crippen MR) is 99.3 cm³/mol. The normalized spacial score (nSPS) is 22.0. The Morgan fingerprint density at radius 2 is 1.80 bits per heavy atom. The Bertz CT molecular complexity index is 691. The topological polar surface area (TPSA) is 58.6 Å². The van der Waals surface area contributed by atoms with E-state index in [4.69, 9.17) is 4.74 Å². The highest BCUT2D eigenvalue weighted by Gasteiger charge is 2.39. The number of morpholine rings is 1. The molecular formula is C19H30N2O3S. The highest BCUT2D eigenvalue weighted by Crippen LogP contribution is 2.34. The Balaban J connectivity index is 1.78. The first-order valence-corrected chi connectivity index (χ1v) is 10.8. The lowest BCUT2D eigenvalue weighted by molar-refractivity contribution is -0.0348. The van der Waals surface area contributed by atoms with Crippen molar-refractivity contribution in [3.63, 3.8) is 0 Å². The van der Waals surface area contributed by atoms with Gasteiger partial charge in [-0.15, -0.1) is 0 Å². The van der Waals surface area contributed by atoms with Crippen molar-refractivity contribution in [3.8, 4) is 0 Å². The van der Waals surface area contributed by atoms with Crippen molar-refractivity contribution in [3.05, 3.63) is 29.3 Å². The predicted octanol–water partition coefficient (Wildman–Crippen LogP) is 2.62. The van der Waals surface area contributed by atoms with Crippen LogP contribution in [0.25, 0.3) is 0 Å². The molecule has 0 aromatic heterocycles. The highest BCUT2D eigenvalue weighted by molar-refractivity contribution is 7.89. The molecule has 0 spiro atoms. The van der Waals surface area contributed by atoms with Gasteiger partial charge in [-0.3, -0.25) is 4.90 Å². The minimum atomic E-state index is -3.49. The van der Waals surface area contributed by atoms with Gasteiger partial charge in [-0.25, -0.2) is 13.1 Å². The maximum atomic E-state index is 12.9. The summed E-state index contributed by atoms with van der Waals surface area (Å²) in [4.78, 5) is 2.85. The van der Waals surface area contributed by atoms with E-state index in [1.54, 1.807) is 6.07 Å². The zero-order valence-electron chi connectivity index (χ0n) is 15.4. The Hall–Kier alpha value is -0.950. The van der Waals surface area contributed by atoms with Crippen LogP contribution < -0.4 is 4.72 Å². The number of nitrogens with zero attached hydrogens (tertiary/aromatic N) is 1. The molecule has 1 aromatic carbocycles. The van der Waals surface area contributed by atoms with E-state index in [0.29, 0.717) is 11.4 Å². The summed E-state index contributed by atoms with van der Waals surface area (Å²) in [6, 6.07) is 5.50. The van der Waals surface area contributed by atoms with Gasteiger partial charge in [-0.2, -0.15) is 0 Å². The molecule has 140 valence electrons. The van der Waals surface area contributed by atoms with Gasteiger partial charge in [0.15, 0.2) is 0 Å². The lowest BCUT2D eigenvalue weighted by atomic mass is 9.80.